The summed E-state index contributed by atoms with van der Waals surface area (Å²) in [5, 5.41) is 19.1. The van der Waals surface area contributed by atoms with Gasteiger partial charge >= 0.3 is 0 Å². The van der Waals surface area contributed by atoms with Crippen LogP contribution in [0, 0.1) is 17.6 Å². The highest BCUT2D eigenvalue weighted by atomic mass is 35.5. The molecule has 2 atom stereocenters. The molecule has 2 fully saturated rings. The SMILES string of the molecule is CC(=O)c1cc(C23C[C@@H]2CN(CCCSc2nnc(-c4ccc(F)c(F)c4)n2C)C3)ccc1O.Cl. The van der Waals surface area contributed by atoms with Gasteiger partial charge in [-0.3, -0.25) is 4.79 Å². The third-order valence-corrected chi connectivity index (χ3v) is 8.14. The van der Waals surface area contributed by atoms with Gasteiger partial charge in [0.1, 0.15) is 5.75 Å². The van der Waals surface area contributed by atoms with Crippen LogP contribution in [0.2, 0.25) is 0 Å². The minimum atomic E-state index is -0.902. The Morgan fingerprint density at radius 1 is 1.20 bits per heavy atom. The van der Waals surface area contributed by atoms with E-state index in [0.29, 0.717) is 22.9 Å². The topological polar surface area (TPSA) is 71.2 Å². The van der Waals surface area contributed by atoms with Gasteiger partial charge in [0.25, 0.3) is 0 Å². The summed E-state index contributed by atoms with van der Waals surface area (Å²) in [6, 6.07) is 9.20. The van der Waals surface area contributed by atoms with E-state index in [2.05, 4.69) is 15.1 Å². The number of carbonyl (C=O) groups is 1. The number of phenolic OH excluding ortho intramolecular Hbond substituents is 1. The van der Waals surface area contributed by atoms with Gasteiger partial charge in [0.15, 0.2) is 28.4 Å². The van der Waals surface area contributed by atoms with Crippen LogP contribution < -0.4 is 0 Å². The predicted molar refractivity (Wildman–Crippen MR) is 133 cm³/mol. The normalized spacial score (nSPS) is 21.0. The van der Waals surface area contributed by atoms with Crippen LogP contribution in [0.5, 0.6) is 5.75 Å². The molecule has 6 nitrogen and oxygen atoms in total. The number of halogens is 3. The van der Waals surface area contributed by atoms with Crippen LogP contribution in [0.15, 0.2) is 41.6 Å². The first-order chi connectivity index (χ1) is 16.3. The number of ketones is 1. The lowest BCUT2D eigenvalue weighted by Crippen LogP contribution is -2.28. The van der Waals surface area contributed by atoms with Crippen molar-refractivity contribution in [3.63, 3.8) is 0 Å². The summed E-state index contributed by atoms with van der Waals surface area (Å²) in [5.41, 5.74) is 2.15. The highest BCUT2D eigenvalue weighted by molar-refractivity contribution is 7.99. The Morgan fingerprint density at radius 2 is 2.00 bits per heavy atom. The van der Waals surface area contributed by atoms with Gasteiger partial charge < -0.3 is 14.6 Å². The van der Waals surface area contributed by atoms with Crippen LogP contribution in [-0.4, -0.2) is 55.9 Å². The number of benzene rings is 2. The molecular weight excluding hydrogens is 494 g/mol. The van der Waals surface area contributed by atoms with Crippen LogP contribution in [-0.2, 0) is 12.5 Å². The quantitative estimate of drug-likeness (QED) is 0.260. The maximum atomic E-state index is 13.6. The summed E-state index contributed by atoms with van der Waals surface area (Å²) in [5.74, 6) is 0.117. The van der Waals surface area contributed by atoms with Crippen LogP contribution in [0.4, 0.5) is 8.78 Å². The van der Waals surface area contributed by atoms with E-state index in [1.165, 1.54) is 13.0 Å². The van der Waals surface area contributed by atoms with Crippen molar-refractivity contribution in [3.05, 3.63) is 59.2 Å². The van der Waals surface area contributed by atoms with E-state index in [1.54, 1.807) is 22.4 Å². The average molecular weight is 521 g/mol. The van der Waals surface area contributed by atoms with Crippen molar-refractivity contribution in [2.24, 2.45) is 13.0 Å². The molecule has 5 rings (SSSR count). The van der Waals surface area contributed by atoms with Crippen molar-refractivity contribution >= 4 is 30.0 Å². The number of nitrogens with zero attached hydrogens (tertiary/aromatic N) is 4. The summed E-state index contributed by atoms with van der Waals surface area (Å²) < 4.78 is 28.6. The molecule has 1 N–H and O–H groups in total. The number of aromatic hydroxyl groups is 1. The molecule has 0 amide bonds. The van der Waals surface area contributed by atoms with Gasteiger partial charge in [0, 0.05) is 36.9 Å². The van der Waals surface area contributed by atoms with Gasteiger partial charge in [-0.25, -0.2) is 8.78 Å². The Morgan fingerprint density at radius 3 is 2.74 bits per heavy atom. The number of likely N-dealkylation sites (tertiary alicyclic amines) is 1. The minimum Gasteiger partial charge on any atom is -0.507 e. The molecule has 35 heavy (non-hydrogen) atoms. The molecule has 2 aliphatic rings. The highest BCUT2D eigenvalue weighted by Gasteiger charge is 2.60. The molecule has 2 aromatic carbocycles. The fourth-order valence-corrected chi connectivity index (χ4v) is 5.95. The zero-order valence-corrected chi connectivity index (χ0v) is 21.1. The standard InChI is InChI=1S/C25H26F2N4O2S.ClH/c1-15(32)19-11-17(5-7-22(19)33)25-12-18(25)13-31(14-25)8-3-9-34-24-29-28-23(30(24)2)16-4-6-20(26)21(27)10-16;/h4-7,10-11,18,33H,3,8-9,12-14H2,1-2H3;1H/t18-,25?;/m1./s1. The Bertz CT molecular complexity index is 1270. The molecule has 1 aliphatic carbocycles. The number of phenols is 1. The number of carbonyl (C=O) groups excluding carboxylic acids is 1. The number of hydrogen-bond donors (Lipinski definition) is 1. The zero-order valence-electron chi connectivity index (χ0n) is 19.5. The lowest BCUT2D eigenvalue weighted by molar-refractivity contribution is 0.101. The second kappa shape index (κ2) is 9.87. The Labute approximate surface area is 213 Å². The first-order valence-corrected chi connectivity index (χ1v) is 12.3. The molecule has 1 aromatic heterocycles. The first kappa shape index (κ1) is 25.6. The number of hydrogen-bond acceptors (Lipinski definition) is 6. The number of piperidine rings is 1. The molecule has 0 spiro atoms. The van der Waals surface area contributed by atoms with Gasteiger partial charge in [-0.2, -0.15) is 0 Å². The maximum Gasteiger partial charge on any atom is 0.191 e. The zero-order chi connectivity index (χ0) is 24.0. The molecule has 3 aromatic rings. The molecule has 10 heteroatoms. The molecule has 0 radical (unpaired) electrons. The highest BCUT2D eigenvalue weighted by Crippen LogP contribution is 2.59. The molecule has 1 aliphatic heterocycles. The lowest BCUT2D eigenvalue weighted by atomic mass is 9.92. The minimum absolute atomic E-state index is 0. The Kier molecular flexibility index (Phi) is 7.22. The van der Waals surface area contributed by atoms with E-state index >= 15 is 0 Å². The second-order valence-corrected chi connectivity index (χ2v) is 10.3. The summed E-state index contributed by atoms with van der Waals surface area (Å²) in [7, 11) is 1.82. The van der Waals surface area contributed by atoms with Crippen molar-refractivity contribution in [1.82, 2.24) is 19.7 Å². The molecule has 1 unspecified atom stereocenters. The Hall–Kier alpha value is -2.49. The van der Waals surface area contributed by atoms with Gasteiger partial charge in [0.05, 0.1) is 5.56 Å². The van der Waals surface area contributed by atoms with Crippen molar-refractivity contribution in [2.75, 3.05) is 25.4 Å². The van der Waals surface area contributed by atoms with Gasteiger partial charge in [-0.05, 0) is 68.1 Å². The fourth-order valence-electron chi connectivity index (χ4n) is 5.11. The van der Waals surface area contributed by atoms with Crippen molar-refractivity contribution in [2.45, 2.75) is 30.3 Å². The molecule has 1 saturated carbocycles. The number of Topliss-reactive ketones (excluding diaryl/α,β-unsaturated/α-hetero) is 1. The third-order valence-electron chi connectivity index (χ3n) is 7.03. The fraction of sp³-hybridized carbons (Fsp3) is 0.400. The number of aromatic nitrogens is 3. The van der Waals surface area contributed by atoms with Crippen LogP contribution >= 0.6 is 24.2 Å². The molecule has 2 heterocycles. The van der Waals surface area contributed by atoms with E-state index in [1.807, 2.05) is 19.2 Å². The van der Waals surface area contributed by atoms with Crippen molar-refractivity contribution in [3.8, 4) is 17.1 Å². The monoisotopic (exact) mass is 520 g/mol. The second-order valence-electron chi connectivity index (χ2n) is 9.28. The van der Waals surface area contributed by atoms with E-state index in [9.17, 15) is 18.7 Å². The van der Waals surface area contributed by atoms with E-state index in [4.69, 9.17) is 0 Å². The van der Waals surface area contributed by atoms with E-state index in [-0.39, 0.29) is 29.4 Å². The van der Waals surface area contributed by atoms with Crippen LogP contribution in [0.1, 0.15) is 35.7 Å². The molecular formula is C25H27ClF2N4O2S. The number of fused-ring (bicyclic) bond motifs is 1. The van der Waals surface area contributed by atoms with Crippen molar-refractivity contribution in [1.29, 1.82) is 0 Å². The first-order valence-electron chi connectivity index (χ1n) is 11.3. The van der Waals surface area contributed by atoms with Gasteiger partial charge in [-0.1, -0.05) is 17.8 Å². The lowest BCUT2D eigenvalue weighted by Gasteiger charge is -2.21. The summed E-state index contributed by atoms with van der Waals surface area (Å²) in [4.78, 5) is 14.3. The predicted octanol–water partition coefficient (Wildman–Crippen LogP) is 4.85. The summed E-state index contributed by atoms with van der Waals surface area (Å²) in [6.45, 7) is 4.47. The average Bonchev–Trinajstić information content (AvgIpc) is 3.18. The van der Waals surface area contributed by atoms with E-state index < -0.39 is 11.6 Å². The Balaban J connectivity index is 0.00000289. The number of rotatable bonds is 8. The van der Waals surface area contributed by atoms with Crippen LogP contribution in [0.25, 0.3) is 11.4 Å². The molecule has 186 valence electrons. The summed E-state index contributed by atoms with van der Waals surface area (Å²) >= 11 is 1.60. The third kappa shape index (κ3) is 4.81. The molecule has 0 bridgehead atoms. The smallest absolute Gasteiger partial charge is 0.191 e. The van der Waals surface area contributed by atoms with Gasteiger partial charge in [-0.15, -0.1) is 22.6 Å². The van der Waals surface area contributed by atoms with Crippen molar-refractivity contribution < 1.29 is 18.7 Å². The molecule has 1 saturated heterocycles. The van der Waals surface area contributed by atoms with Gasteiger partial charge in [0.2, 0.25) is 0 Å². The van der Waals surface area contributed by atoms with Crippen LogP contribution in [0.3, 0.4) is 0 Å². The largest absolute Gasteiger partial charge is 0.507 e. The van der Waals surface area contributed by atoms with E-state index in [0.717, 1.165) is 61.1 Å². The summed E-state index contributed by atoms with van der Waals surface area (Å²) in [6.07, 6.45) is 2.11. The maximum absolute atomic E-state index is 13.6. The number of thioether (sulfide) groups is 1.